The molecule has 8 amide bonds. The molecule has 63 heavy (non-hydrogen) atoms. The zero-order chi connectivity index (χ0) is 46.7. The van der Waals surface area contributed by atoms with E-state index in [2.05, 4.69) is 42.2 Å². The van der Waals surface area contributed by atoms with Crippen LogP contribution in [0.4, 0.5) is 0 Å². The first-order valence-electron chi connectivity index (χ1n) is 20.1. The number of rotatable bonds is 8. The lowest BCUT2D eigenvalue weighted by molar-refractivity contribution is -0.187. The number of aromatic nitrogens is 1. The van der Waals surface area contributed by atoms with Crippen LogP contribution in [0.15, 0.2) is 23.2 Å². The Morgan fingerprint density at radius 1 is 0.889 bits per heavy atom. The van der Waals surface area contributed by atoms with Crippen LogP contribution >= 0.6 is 0 Å². The number of likely N-dealkylation sites (N-methyl/N-ethyl adjacent to an activating group) is 1. The number of carbonyl (C=O) groups is 8. The third-order valence-corrected chi connectivity index (χ3v) is 12.3. The fraction of sp³-hybridized carbons (Fsp3) is 0.579. The highest BCUT2D eigenvalue weighted by atomic mass is 32.2. The number of benzene rings is 1. The Morgan fingerprint density at radius 2 is 1.56 bits per heavy atom. The third-order valence-electron chi connectivity index (χ3n) is 10.8. The Kier molecular flexibility index (Phi) is 17.9. The van der Waals surface area contributed by atoms with Crippen LogP contribution in [0, 0.1) is 11.8 Å². The van der Waals surface area contributed by atoms with Crippen molar-refractivity contribution in [3.05, 3.63) is 23.8 Å². The van der Waals surface area contributed by atoms with Gasteiger partial charge in [0.15, 0.2) is 0 Å². The topological polar surface area (TPSA) is 373 Å². The lowest BCUT2D eigenvalue weighted by atomic mass is 9.94. The number of hydrogen-bond donors (Lipinski definition) is 13. The van der Waals surface area contributed by atoms with E-state index >= 15 is 0 Å². The number of aliphatic hydroxyl groups excluding tert-OH is 3. The molecule has 0 aliphatic carbocycles. The van der Waals surface area contributed by atoms with Crippen LogP contribution in [0.3, 0.4) is 0 Å². The van der Waals surface area contributed by atoms with E-state index in [4.69, 9.17) is 10.6 Å². The number of phenols is 1. The summed E-state index contributed by atoms with van der Waals surface area (Å²) >= 11 is 0. The minimum atomic E-state index is -2.32. The average Bonchev–Trinajstić information content (AvgIpc) is 3.59. The monoisotopic (exact) mass is 908 g/mol. The van der Waals surface area contributed by atoms with Crippen LogP contribution < -0.4 is 43.0 Å². The minimum absolute atomic E-state index is 0.104. The highest BCUT2D eigenvalue weighted by Crippen LogP contribution is 2.30. The molecule has 2 aliphatic rings. The number of primary amides is 1. The largest absolute Gasteiger partial charge is 0.508 e. The number of nitrogens with two attached hydrogens (primary N) is 1. The molecule has 2 aromatic rings. The van der Waals surface area contributed by atoms with E-state index in [0.717, 1.165) is 5.06 Å². The molecule has 2 bridgehead atoms. The Labute approximate surface area is 363 Å². The van der Waals surface area contributed by atoms with Gasteiger partial charge in [-0.3, -0.25) is 47.4 Å². The number of carbonyl (C=O) groups excluding carboxylic acids is 8. The number of aromatic amines is 1. The number of aromatic hydroxyl groups is 1. The Balaban J connectivity index is 1.97. The van der Waals surface area contributed by atoms with E-state index in [9.17, 15) is 63.0 Å². The smallest absolute Gasteiger partial charge is 0.243 e. The predicted molar refractivity (Wildman–Crippen MR) is 221 cm³/mol. The van der Waals surface area contributed by atoms with Crippen molar-refractivity contribution >= 4 is 69.0 Å². The van der Waals surface area contributed by atoms with Crippen LogP contribution in [0.5, 0.6) is 5.75 Å². The standard InChI is InChI=1S/C38H56N10O14S/c1-5-17(2)31-36(59)41-11-29(54)43-25-16-63(61)38-22(21-7-6-20(51)9-23(21)45-38)10-24(33(56)40-12-30(55)46-31)44-37(60)32(18(3)27(52)14-50)47-35(58)26(13-49)48(4)62-15-19(8-28(39)53)42-34(25)57/h6-7,9,17-19,24-27,31-32,45,49-52H,5,8,10-16H2,1-4H3,(H2,39,53)(H,40,56)(H,41,59)(H,42,57)(H,43,54)(H,44,60)(H,46,55)(H,47,58). The van der Waals surface area contributed by atoms with E-state index in [1.165, 1.54) is 32.2 Å². The second kappa shape index (κ2) is 22.6. The number of hydrogen-bond acceptors (Lipinski definition) is 15. The molecule has 0 spiro atoms. The van der Waals surface area contributed by atoms with Gasteiger partial charge in [0.05, 0.1) is 67.1 Å². The summed E-state index contributed by atoms with van der Waals surface area (Å²) in [6.45, 7) is 0.893. The van der Waals surface area contributed by atoms with Crippen molar-refractivity contribution in [3.8, 4) is 5.75 Å². The zero-order valence-corrected chi connectivity index (χ0v) is 35.9. The molecular weight excluding hydrogens is 853 g/mol. The highest BCUT2D eigenvalue weighted by molar-refractivity contribution is 7.85. The van der Waals surface area contributed by atoms with Gasteiger partial charge in [0.2, 0.25) is 47.3 Å². The van der Waals surface area contributed by atoms with Gasteiger partial charge in [-0.15, -0.1) is 0 Å². The van der Waals surface area contributed by atoms with Gasteiger partial charge >= 0.3 is 0 Å². The van der Waals surface area contributed by atoms with Gasteiger partial charge in [0.1, 0.15) is 41.0 Å². The Bertz CT molecular complexity index is 2070. The number of H-pyrrole nitrogens is 1. The van der Waals surface area contributed by atoms with Gasteiger partial charge in [0, 0.05) is 37.3 Å². The van der Waals surface area contributed by atoms with Crippen molar-refractivity contribution in [1.29, 1.82) is 0 Å². The van der Waals surface area contributed by atoms with Crippen molar-refractivity contribution in [3.63, 3.8) is 0 Å². The van der Waals surface area contributed by atoms with E-state index < -0.39 is 164 Å². The van der Waals surface area contributed by atoms with Crippen LogP contribution in [-0.2, 0) is 60.4 Å². The summed E-state index contributed by atoms with van der Waals surface area (Å²) in [6, 6.07) is -5.19. The fourth-order valence-electron chi connectivity index (χ4n) is 6.88. The number of hydroxylamine groups is 2. The quantitative estimate of drug-likeness (QED) is 0.117. The molecule has 0 radical (unpaired) electrons. The maximum absolute atomic E-state index is 14.5. The SMILES string of the molecule is CCC(C)C1NC(=O)CNC(=O)C2Cc3c([nH]c4cc(O)ccc34)S(=O)CC(NC(=O)CNC1=O)C(=O)NC(CC(N)=O)CON(C)C(CO)C(=O)NC(C(C)C(O)CO)C(=O)N2. The molecule has 24 nitrogen and oxygen atoms in total. The summed E-state index contributed by atoms with van der Waals surface area (Å²) in [5.41, 5.74) is 5.77. The first kappa shape index (κ1) is 49.9. The summed E-state index contributed by atoms with van der Waals surface area (Å²) in [6.07, 6.45) is -2.31. The van der Waals surface area contributed by atoms with Crippen molar-refractivity contribution < 1.29 is 67.8 Å². The number of fused-ring (bicyclic) bond motifs is 4. The molecule has 348 valence electrons. The number of nitrogens with one attached hydrogen (secondary N) is 8. The van der Waals surface area contributed by atoms with Gasteiger partial charge in [-0.2, -0.15) is 5.06 Å². The van der Waals surface area contributed by atoms with Crippen LogP contribution in [0.2, 0.25) is 0 Å². The lowest BCUT2D eigenvalue weighted by Gasteiger charge is -2.32. The molecule has 0 saturated carbocycles. The molecule has 4 rings (SSSR count). The second-order valence-corrected chi connectivity index (χ2v) is 16.9. The van der Waals surface area contributed by atoms with Gasteiger partial charge in [-0.05, 0) is 23.6 Å². The third kappa shape index (κ3) is 13.1. The van der Waals surface area contributed by atoms with E-state index in [0.29, 0.717) is 6.42 Å². The van der Waals surface area contributed by atoms with Crippen molar-refractivity contribution in [1.82, 2.24) is 47.3 Å². The van der Waals surface area contributed by atoms with E-state index in [1.54, 1.807) is 13.8 Å². The molecule has 1 aromatic carbocycles. The van der Waals surface area contributed by atoms with E-state index in [1.807, 2.05) is 0 Å². The van der Waals surface area contributed by atoms with Gasteiger partial charge < -0.3 is 68.4 Å². The summed E-state index contributed by atoms with van der Waals surface area (Å²) in [5, 5.41) is 59.4. The summed E-state index contributed by atoms with van der Waals surface area (Å²) in [5.74, 6) is -10.3. The zero-order valence-electron chi connectivity index (χ0n) is 35.1. The molecule has 2 aliphatic heterocycles. The fourth-order valence-corrected chi connectivity index (χ4v) is 8.27. The molecule has 1 aromatic heterocycles. The van der Waals surface area contributed by atoms with Gasteiger partial charge in [-0.1, -0.05) is 27.2 Å². The first-order chi connectivity index (χ1) is 29.8. The van der Waals surface area contributed by atoms with Crippen molar-refractivity contribution in [2.45, 2.75) is 87.4 Å². The summed E-state index contributed by atoms with van der Waals surface area (Å²) in [7, 11) is -1.11. The maximum Gasteiger partial charge on any atom is 0.243 e. The summed E-state index contributed by atoms with van der Waals surface area (Å²) < 4.78 is 14.5. The van der Waals surface area contributed by atoms with Gasteiger partial charge in [0.25, 0.3) is 0 Å². The molecule has 0 fully saturated rings. The van der Waals surface area contributed by atoms with Gasteiger partial charge in [-0.25, -0.2) is 0 Å². The molecular formula is C38H56N10O14S. The molecule has 0 saturated heterocycles. The normalized spacial score (nSPS) is 27.2. The predicted octanol–water partition coefficient (Wildman–Crippen LogP) is -5.66. The van der Waals surface area contributed by atoms with Crippen molar-refractivity contribution in [2.75, 3.05) is 45.7 Å². The second-order valence-electron chi connectivity index (χ2n) is 15.4. The van der Waals surface area contributed by atoms with Crippen LogP contribution in [0.1, 0.15) is 39.2 Å². The molecule has 3 heterocycles. The number of aliphatic hydroxyl groups is 3. The van der Waals surface area contributed by atoms with Crippen LogP contribution in [-0.4, -0.2) is 170 Å². The Morgan fingerprint density at radius 3 is 2.19 bits per heavy atom. The first-order valence-corrected chi connectivity index (χ1v) is 21.4. The minimum Gasteiger partial charge on any atom is -0.508 e. The van der Waals surface area contributed by atoms with Crippen LogP contribution in [0.25, 0.3) is 10.9 Å². The number of phenolic OH excluding ortho intramolecular Hbond substituents is 1. The maximum atomic E-state index is 14.5. The molecule has 14 N–H and O–H groups in total. The Hall–Kier alpha value is -5.73. The van der Waals surface area contributed by atoms with E-state index in [-0.39, 0.29) is 27.2 Å². The lowest BCUT2D eigenvalue weighted by Crippen LogP contribution is -2.61. The van der Waals surface area contributed by atoms with Crippen molar-refractivity contribution in [2.24, 2.45) is 17.6 Å². The number of nitrogens with zero attached hydrogens (tertiary/aromatic N) is 1. The highest BCUT2D eigenvalue weighted by Gasteiger charge is 2.38. The average molecular weight is 909 g/mol. The molecule has 10 atom stereocenters. The summed E-state index contributed by atoms with van der Waals surface area (Å²) in [4.78, 5) is 117. The molecule has 10 unspecified atom stereocenters. The molecule has 25 heteroatoms. The number of amides is 8.